The normalized spacial score (nSPS) is 14.5. The van der Waals surface area contributed by atoms with Crippen molar-refractivity contribution in [1.82, 2.24) is 4.58 Å². The van der Waals surface area contributed by atoms with E-state index in [0.29, 0.717) is 0 Å². The quantitative estimate of drug-likeness (QED) is 0.165. The first-order chi connectivity index (χ1) is 34.7. The molecule has 1 unspecified atom stereocenters. The molecular weight excluding hydrogens is 853 g/mol. The van der Waals surface area contributed by atoms with Crippen molar-refractivity contribution < 1.29 is 8.83 Å². The summed E-state index contributed by atoms with van der Waals surface area (Å²) in [7, 11) is 0. The molecule has 0 N–H and O–H groups in total. The summed E-state index contributed by atoms with van der Waals surface area (Å²) >= 11 is 0. The van der Waals surface area contributed by atoms with Crippen LogP contribution in [0.3, 0.4) is 0 Å². The van der Waals surface area contributed by atoms with Crippen molar-refractivity contribution in [2.24, 2.45) is 0 Å². The molecule has 4 heteroatoms. The van der Waals surface area contributed by atoms with Crippen molar-refractivity contribution in [1.29, 1.82) is 0 Å². The number of rotatable bonds is 4. The summed E-state index contributed by atoms with van der Waals surface area (Å²) < 4.78 is 15.8. The fourth-order valence-corrected chi connectivity index (χ4v) is 11.6. The average Bonchev–Trinajstić information content (AvgIpc) is 4.01. The van der Waals surface area contributed by atoms with Crippen molar-refractivity contribution in [2.75, 3.05) is 4.90 Å². The van der Waals surface area contributed by atoms with Crippen LogP contribution in [0, 0.1) is 41.7 Å². The van der Waals surface area contributed by atoms with Crippen molar-refractivity contribution in [3.63, 3.8) is 0 Å². The number of anilines is 2. The molecule has 4 nitrogen and oxygen atoms in total. The summed E-state index contributed by atoms with van der Waals surface area (Å²) in [6.07, 6.45) is 8.95. The zero-order valence-electron chi connectivity index (χ0n) is 37.9. The molecule has 1 aliphatic heterocycles. The highest BCUT2D eigenvalue weighted by Crippen LogP contribution is 2.44. The Bertz CT molecular complexity index is 4720. The lowest BCUT2D eigenvalue weighted by Crippen LogP contribution is -2.44. The van der Waals surface area contributed by atoms with Gasteiger partial charge in [-0.25, -0.2) is 0 Å². The van der Waals surface area contributed by atoms with Gasteiger partial charge >= 0.3 is 0 Å². The predicted molar refractivity (Wildman–Crippen MR) is 285 cm³/mol. The maximum atomic E-state index is 6.71. The third-order valence-electron chi connectivity index (χ3n) is 14.7. The van der Waals surface area contributed by atoms with Gasteiger partial charge in [0.1, 0.15) is 34.1 Å². The Morgan fingerprint density at radius 2 is 0.886 bits per heavy atom. The topological polar surface area (TPSA) is 32.5 Å². The van der Waals surface area contributed by atoms with Crippen molar-refractivity contribution in [3.05, 3.63) is 284 Å². The van der Waals surface area contributed by atoms with Gasteiger partial charge < -0.3 is 13.7 Å². The summed E-state index contributed by atoms with van der Waals surface area (Å²) in [6, 6.07) is 79.3. The Labute approximate surface area is 401 Å². The molecule has 2 aromatic heterocycles. The standard InChI is InChI=1S/C66H41N2O2/c1-3-17-43(18-4-1)67-59-29-11-12-30-60(59)68(44-19-5-2-6-20-44)62-40-58-56-38-42(46-26-16-28-54-52-24-10-14-32-64(52)70-66(46)54)34-36-50(56)49-35-33-41(37-55(49)47-21-7-8-22-48(47)57(58)39-61(62)67)45-25-15-27-53-51-23-9-13-31-63(51)69-65(45)53/h1-40,60H/q+1. The predicted octanol–water partition coefficient (Wildman–Crippen LogP) is 16.2. The summed E-state index contributed by atoms with van der Waals surface area (Å²) in [4.78, 5) is 2.52. The molecule has 15 rings (SSSR count). The Balaban J connectivity index is 1.14. The second kappa shape index (κ2) is 15.1. The minimum atomic E-state index is -0.0501. The highest BCUT2D eigenvalue weighted by atomic mass is 16.3. The van der Waals surface area contributed by atoms with Gasteiger partial charge in [-0.3, -0.25) is 0 Å². The first-order valence-electron chi connectivity index (χ1n) is 24.0. The zero-order valence-corrected chi connectivity index (χ0v) is 37.9. The first-order valence-corrected chi connectivity index (χ1v) is 24.0. The molecule has 0 amide bonds. The molecule has 0 spiro atoms. The minimum absolute atomic E-state index is 0.0501. The summed E-state index contributed by atoms with van der Waals surface area (Å²) in [5.41, 5.74) is 13.6. The molecule has 10 aromatic carbocycles. The number of hydrogen-bond acceptors (Lipinski definition) is 3. The van der Waals surface area contributed by atoms with Gasteiger partial charge in [0.2, 0.25) is 17.1 Å². The molecule has 0 saturated carbocycles. The van der Waals surface area contributed by atoms with Crippen LogP contribution in [-0.4, -0.2) is 11.8 Å². The maximum Gasteiger partial charge on any atom is 0.235 e. The highest BCUT2D eigenvalue weighted by molar-refractivity contribution is 6.12. The second-order valence-corrected chi connectivity index (χ2v) is 18.5. The molecule has 0 fully saturated rings. The third kappa shape index (κ3) is 5.74. The van der Waals surface area contributed by atoms with E-state index in [0.717, 1.165) is 110 Å². The smallest absolute Gasteiger partial charge is 0.235 e. The molecule has 1 atom stereocenters. The average molecular weight is 894 g/mol. The molecular formula is C66H41N2O2+. The third-order valence-corrected chi connectivity index (χ3v) is 14.7. The van der Waals surface area contributed by atoms with E-state index in [2.05, 4.69) is 240 Å². The lowest BCUT2D eigenvalue weighted by Gasteiger charge is -2.35. The molecule has 3 heterocycles. The van der Waals surface area contributed by atoms with Crippen LogP contribution >= 0.6 is 0 Å². The van der Waals surface area contributed by atoms with Crippen LogP contribution in [0.5, 0.6) is 0 Å². The number of furan rings is 2. The van der Waals surface area contributed by atoms with Crippen LogP contribution in [0.2, 0.25) is 0 Å². The maximum absolute atomic E-state index is 6.71. The van der Waals surface area contributed by atoms with Crippen molar-refractivity contribution in [2.45, 2.75) is 6.04 Å². The molecule has 70 heavy (non-hydrogen) atoms. The highest BCUT2D eigenvalue weighted by Gasteiger charge is 2.40. The van der Waals surface area contributed by atoms with E-state index >= 15 is 0 Å². The molecule has 0 saturated heterocycles. The van der Waals surface area contributed by atoms with Crippen LogP contribution in [0.4, 0.5) is 22.7 Å². The van der Waals surface area contributed by atoms with Gasteiger partial charge in [-0.1, -0.05) is 176 Å². The van der Waals surface area contributed by atoms with Crippen LogP contribution in [-0.2, 0) is 0 Å². The number of para-hydroxylation sites is 6. The first kappa shape index (κ1) is 38.8. The molecule has 2 aliphatic carbocycles. The largest absolute Gasteiger partial charge is 0.455 e. The number of hydrogen-bond donors (Lipinski definition) is 0. The van der Waals surface area contributed by atoms with Gasteiger partial charge in [0, 0.05) is 62.6 Å². The van der Waals surface area contributed by atoms with E-state index in [-0.39, 0.29) is 6.04 Å². The summed E-state index contributed by atoms with van der Waals surface area (Å²) in [5.74, 6) is 0. The van der Waals surface area contributed by atoms with Crippen molar-refractivity contribution >= 4 is 72.3 Å². The molecule has 3 aliphatic rings. The number of nitrogens with zero attached hydrogens (tertiary/aromatic N) is 2. The minimum Gasteiger partial charge on any atom is -0.455 e. The summed E-state index contributed by atoms with van der Waals surface area (Å²) in [6.45, 7) is 0. The molecule has 0 radical (unpaired) electrons. The van der Waals surface area contributed by atoms with Crippen LogP contribution < -0.4 is 9.48 Å². The fourth-order valence-electron chi connectivity index (χ4n) is 11.6. The monoisotopic (exact) mass is 893 g/mol. The molecule has 12 aromatic rings. The van der Waals surface area contributed by atoms with Gasteiger partial charge in [0.05, 0.1) is 0 Å². The van der Waals surface area contributed by atoms with Crippen LogP contribution in [0.1, 0.15) is 0 Å². The van der Waals surface area contributed by atoms with Gasteiger partial charge in [-0.2, -0.15) is 4.58 Å². The number of allylic oxidation sites excluding steroid dienone is 2. The van der Waals surface area contributed by atoms with E-state index in [9.17, 15) is 0 Å². The van der Waals surface area contributed by atoms with Gasteiger partial charge in [-0.15, -0.1) is 0 Å². The Morgan fingerprint density at radius 1 is 0.386 bits per heavy atom. The van der Waals surface area contributed by atoms with E-state index in [1.165, 1.54) is 26.6 Å². The number of fused-ring (bicyclic) bond motifs is 12. The Kier molecular flexibility index (Phi) is 8.39. The van der Waals surface area contributed by atoms with Crippen LogP contribution in [0.25, 0.3) is 66.1 Å². The lowest BCUT2D eigenvalue weighted by atomic mass is 9.93. The lowest BCUT2D eigenvalue weighted by molar-refractivity contribution is 0.669. The fraction of sp³-hybridized carbons (Fsp3) is 0.0152. The van der Waals surface area contributed by atoms with Crippen molar-refractivity contribution in [3.8, 4) is 22.3 Å². The van der Waals surface area contributed by atoms with Crippen LogP contribution in [0.15, 0.2) is 252 Å². The molecule has 326 valence electrons. The summed E-state index contributed by atoms with van der Waals surface area (Å²) in [5, 5.41) is 13.8. The SMILES string of the molecule is C1=CC2=[N+](c3ccccc3)c3cc4c(cc3N(c3ccccc3)C2C=C1)=c1cc(-c2cccc3c2oc2ccccc23)ccc1=c1ccc(-c2cccc3c2oc2ccccc23)cc1=c1ccccc1=4. The van der Waals surface area contributed by atoms with Gasteiger partial charge in [0.25, 0.3) is 0 Å². The van der Waals surface area contributed by atoms with Gasteiger partial charge in [0.15, 0.2) is 0 Å². The van der Waals surface area contributed by atoms with E-state index in [1.54, 1.807) is 0 Å². The Morgan fingerprint density at radius 3 is 1.51 bits per heavy atom. The second-order valence-electron chi connectivity index (χ2n) is 18.5. The van der Waals surface area contributed by atoms with Gasteiger partial charge in [-0.05, 0) is 95.3 Å². The number of benzene rings is 10. The molecule has 0 bridgehead atoms. The van der Waals surface area contributed by atoms with E-state index < -0.39 is 0 Å². The van der Waals surface area contributed by atoms with E-state index in [4.69, 9.17) is 8.83 Å². The zero-order chi connectivity index (χ0) is 45.9. The Hall–Kier alpha value is -9.25. The van der Waals surface area contributed by atoms with E-state index in [1.807, 2.05) is 12.1 Å².